The van der Waals surface area contributed by atoms with Crippen molar-refractivity contribution < 1.29 is 0 Å². The predicted octanol–water partition coefficient (Wildman–Crippen LogP) is 11.1. The molecule has 8 aromatic rings. The number of hydrogen-bond acceptors (Lipinski definition) is 2. The summed E-state index contributed by atoms with van der Waals surface area (Å²) in [5.41, 5.74) is 10.2. The second-order valence-electron chi connectivity index (χ2n) is 13.0. The van der Waals surface area contributed by atoms with E-state index in [-0.39, 0.29) is 0 Å². The molecule has 6 aromatic carbocycles. The average molecular weight is 627 g/mol. The van der Waals surface area contributed by atoms with E-state index in [1.165, 1.54) is 16.2 Å². The molecule has 0 bridgehead atoms. The Morgan fingerprint density at radius 3 is 1.92 bits per heavy atom. The zero-order valence-corrected chi connectivity index (χ0v) is 26.9. The number of fused-ring (bicyclic) bond motifs is 6. The minimum absolute atomic E-state index is 0.439. The Morgan fingerprint density at radius 2 is 1.20 bits per heavy atom. The van der Waals surface area contributed by atoms with Gasteiger partial charge in [-0.3, -0.25) is 0 Å². The van der Waals surface area contributed by atoms with Gasteiger partial charge in [0.05, 0.1) is 51.0 Å². The van der Waals surface area contributed by atoms with Crippen LogP contribution in [0.3, 0.4) is 0 Å². The minimum atomic E-state index is -0.439. The normalized spacial score (nSPS) is 15.9. The van der Waals surface area contributed by atoms with Crippen molar-refractivity contribution in [1.82, 2.24) is 9.13 Å². The summed E-state index contributed by atoms with van der Waals surface area (Å²) in [6.45, 7) is 2.27. The maximum Gasteiger partial charge on any atom is 0.0998 e. The van der Waals surface area contributed by atoms with E-state index in [1.54, 1.807) is 0 Å². The molecule has 49 heavy (non-hydrogen) atoms. The topological polar surface area (TPSA) is 57.4 Å². The molecule has 9 rings (SSSR count). The Hall–Kier alpha value is -6.62. The average Bonchev–Trinajstić information content (AvgIpc) is 3.67. The quantitative estimate of drug-likeness (QED) is 0.195. The summed E-state index contributed by atoms with van der Waals surface area (Å²) in [5.74, 6) is 0. The van der Waals surface area contributed by atoms with Crippen LogP contribution in [0.4, 0.5) is 0 Å². The van der Waals surface area contributed by atoms with Crippen molar-refractivity contribution in [2.45, 2.75) is 18.9 Å². The van der Waals surface area contributed by atoms with Crippen molar-refractivity contribution in [2.24, 2.45) is 0 Å². The van der Waals surface area contributed by atoms with Crippen molar-refractivity contribution in [3.63, 3.8) is 0 Å². The highest BCUT2D eigenvalue weighted by molar-refractivity contribution is 6.10. The van der Waals surface area contributed by atoms with Crippen molar-refractivity contribution in [1.29, 1.82) is 10.5 Å². The van der Waals surface area contributed by atoms with E-state index >= 15 is 0 Å². The third-order valence-corrected chi connectivity index (χ3v) is 10.1. The van der Waals surface area contributed by atoms with E-state index in [2.05, 4.69) is 156 Å². The third-order valence-electron chi connectivity index (χ3n) is 10.1. The molecule has 2 heterocycles. The molecule has 0 saturated carbocycles. The lowest BCUT2D eigenvalue weighted by molar-refractivity contribution is 0.439. The molecule has 0 N–H and O–H groups in total. The van der Waals surface area contributed by atoms with Crippen LogP contribution in [0, 0.1) is 22.7 Å². The Balaban J connectivity index is 1.30. The van der Waals surface area contributed by atoms with Gasteiger partial charge in [-0.05, 0) is 66.9 Å². The standard InChI is InChI=1S/C45H30N4/c1-45(49-42-22-9-4-16-36(42)37-24-23-30(28-46)26-43(37)49)25-11-13-31(27-45)33-18-10-12-32(29-47)44(33)38-17-5-8-21-41(38)48-39-19-6-2-14-34(39)35-15-3-7-20-40(35)48/h2-24,26-27H,25H2,1H3. The van der Waals surface area contributed by atoms with E-state index in [1.807, 2.05) is 24.3 Å². The Morgan fingerprint density at radius 1 is 0.592 bits per heavy atom. The van der Waals surface area contributed by atoms with E-state index in [0.717, 1.165) is 61.8 Å². The van der Waals surface area contributed by atoms with Crippen LogP contribution in [0.15, 0.2) is 152 Å². The Bertz CT molecular complexity index is 2740. The van der Waals surface area contributed by atoms with Gasteiger partial charge in [-0.15, -0.1) is 0 Å². The molecule has 1 unspecified atom stereocenters. The highest BCUT2D eigenvalue weighted by Gasteiger charge is 2.31. The molecule has 2 aromatic heterocycles. The molecular weight excluding hydrogens is 597 g/mol. The van der Waals surface area contributed by atoms with Crippen molar-refractivity contribution in [2.75, 3.05) is 0 Å². The molecule has 0 amide bonds. The van der Waals surface area contributed by atoms with E-state index in [0.29, 0.717) is 11.1 Å². The largest absolute Gasteiger partial charge is 0.331 e. The number of benzene rings is 6. The molecule has 0 aliphatic heterocycles. The van der Waals surface area contributed by atoms with Crippen LogP contribution in [0.5, 0.6) is 0 Å². The summed E-state index contributed by atoms with van der Waals surface area (Å²) in [5, 5.41) is 25.1. The summed E-state index contributed by atoms with van der Waals surface area (Å²) in [4.78, 5) is 0. The second-order valence-corrected chi connectivity index (χ2v) is 13.0. The van der Waals surface area contributed by atoms with Crippen LogP contribution in [0.25, 0.3) is 66.0 Å². The maximum atomic E-state index is 10.6. The zero-order chi connectivity index (χ0) is 33.1. The van der Waals surface area contributed by atoms with Crippen LogP contribution in [-0.2, 0) is 5.54 Å². The highest BCUT2D eigenvalue weighted by atomic mass is 15.1. The summed E-state index contributed by atoms with van der Waals surface area (Å²) >= 11 is 0. The lowest BCUT2D eigenvalue weighted by Gasteiger charge is -2.33. The smallest absolute Gasteiger partial charge is 0.0998 e. The number of nitriles is 2. The number of allylic oxidation sites excluding steroid dienone is 4. The molecule has 0 fully saturated rings. The van der Waals surface area contributed by atoms with Crippen molar-refractivity contribution in [3.8, 4) is 29.0 Å². The van der Waals surface area contributed by atoms with Gasteiger partial charge in [0, 0.05) is 38.2 Å². The molecule has 230 valence electrons. The SMILES string of the molecule is CC1(n2c3ccccc3c3ccc(C#N)cc32)C=C(c2cccc(C#N)c2-c2ccccc2-n2c3ccccc3c3ccccc32)C=CC1. The fourth-order valence-electron chi connectivity index (χ4n) is 8.02. The van der Waals surface area contributed by atoms with E-state index in [9.17, 15) is 10.5 Å². The van der Waals surface area contributed by atoms with Gasteiger partial charge in [0.15, 0.2) is 0 Å². The lowest BCUT2D eigenvalue weighted by Crippen LogP contribution is -2.28. The first-order valence-electron chi connectivity index (χ1n) is 16.5. The summed E-state index contributed by atoms with van der Waals surface area (Å²) in [6, 6.07) is 50.9. The molecule has 1 aliphatic rings. The Labute approximate surface area is 284 Å². The highest BCUT2D eigenvalue weighted by Crippen LogP contribution is 2.44. The van der Waals surface area contributed by atoms with Gasteiger partial charge >= 0.3 is 0 Å². The third kappa shape index (κ3) is 4.28. The number of nitrogens with zero attached hydrogens (tertiary/aromatic N) is 4. The van der Waals surface area contributed by atoms with Crippen LogP contribution in [-0.4, -0.2) is 9.13 Å². The molecule has 0 radical (unpaired) electrons. The first kappa shape index (κ1) is 28.6. The Kier molecular flexibility index (Phi) is 6.41. The molecule has 0 saturated heterocycles. The van der Waals surface area contributed by atoms with Gasteiger partial charge in [-0.1, -0.05) is 109 Å². The van der Waals surface area contributed by atoms with Gasteiger partial charge in [-0.25, -0.2) is 0 Å². The number of aromatic nitrogens is 2. The second kappa shape index (κ2) is 11.0. The van der Waals surface area contributed by atoms with Crippen molar-refractivity contribution >= 4 is 49.2 Å². The van der Waals surface area contributed by atoms with Crippen molar-refractivity contribution in [3.05, 3.63) is 168 Å². The zero-order valence-electron chi connectivity index (χ0n) is 26.9. The lowest BCUT2D eigenvalue weighted by atomic mass is 9.83. The monoisotopic (exact) mass is 626 g/mol. The summed E-state index contributed by atoms with van der Waals surface area (Å²) in [6.07, 6.45) is 7.57. The predicted molar refractivity (Wildman–Crippen MR) is 200 cm³/mol. The van der Waals surface area contributed by atoms with Gasteiger partial charge in [-0.2, -0.15) is 10.5 Å². The van der Waals surface area contributed by atoms with Crippen LogP contribution < -0.4 is 0 Å². The maximum absolute atomic E-state index is 10.6. The molecule has 4 nitrogen and oxygen atoms in total. The van der Waals surface area contributed by atoms with Gasteiger partial charge in [0.25, 0.3) is 0 Å². The van der Waals surface area contributed by atoms with Gasteiger partial charge in [0.1, 0.15) is 0 Å². The molecule has 4 heteroatoms. The van der Waals surface area contributed by atoms with Crippen LogP contribution in [0.2, 0.25) is 0 Å². The van der Waals surface area contributed by atoms with Crippen LogP contribution in [0.1, 0.15) is 30.0 Å². The van der Waals surface area contributed by atoms with E-state index in [4.69, 9.17) is 0 Å². The number of hydrogen-bond donors (Lipinski definition) is 0. The molecule has 1 aliphatic carbocycles. The first-order chi connectivity index (χ1) is 24.1. The summed E-state index contributed by atoms with van der Waals surface area (Å²) < 4.78 is 4.72. The fourth-order valence-corrected chi connectivity index (χ4v) is 8.02. The number of rotatable bonds is 4. The van der Waals surface area contributed by atoms with Gasteiger partial charge < -0.3 is 9.13 Å². The van der Waals surface area contributed by atoms with Gasteiger partial charge in [0.2, 0.25) is 0 Å². The fraction of sp³-hybridized carbons (Fsp3) is 0.0667. The molecule has 0 spiro atoms. The molecular formula is C45H30N4. The van der Waals surface area contributed by atoms with Crippen LogP contribution >= 0.6 is 0 Å². The molecule has 1 atom stereocenters. The summed E-state index contributed by atoms with van der Waals surface area (Å²) in [7, 11) is 0. The minimum Gasteiger partial charge on any atom is -0.331 e. The first-order valence-corrected chi connectivity index (χ1v) is 16.5. The van der Waals surface area contributed by atoms with E-state index < -0.39 is 5.54 Å². The number of para-hydroxylation sites is 4.